The van der Waals surface area contributed by atoms with Gasteiger partial charge in [0, 0.05) is 18.8 Å². The first-order chi connectivity index (χ1) is 11.4. The Morgan fingerprint density at radius 3 is 2.46 bits per heavy atom. The first-order valence-electron chi connectivity index (χ1n) is 7.24. The topological polar surface area (TPSA) is 112 Å². The van der Waals surface area contributed by atoms with Crippen LogP contribution < -0.4 is 5.48 Å². The molecule has 0 saturated heterocycles. The fourth-order valence-electron chi connectivity index (χ4n) is 2.64. The van der Waals surface area contributed by atoms with Crippen LogP contribution in [0.3, 0.4) is 0 Å². The van der Waals surface area contributed by atoms with E-state index >= 15 is 0 Å². The standard InChI is InChI=1S/C15H16N4O4S/c1-10-2-4-11(5-3-10)24(22,23)19-9-13-12(16-6-7-17-13)8-14(19)15(20)18-21/h2-7,14,21H,8-9H2,1H3,(H,18,20)/t14-/m1/s1. The Bertz CT molecular complexity index is 867. The molecule has 8 nitrogen and oxygen atoms in total. The number of fused-ring (bicyclic) bond motifs is 1. The van der Waals surface area contributed by atoms with Crippen LogP contribution in [0.1, 0.15) is 17.0 Å². The van der Waals surface area contributed by atoms with Crippen LogP contribution in [0.25, 0.3) is 0 Å². The van der Waals surface area contributed by atoms with Gasteiger partial charge in [0.15, 0.2) is 0 Å². The third kappa shape index (κ3) is 2.88. The summed E-state index contributed by atoms with van der Waals surface area (Å²) in [6, 6.07) is 5.26. The molecule has 2 N–H and O–H groups in total. The van der Waals surface area contributed by atoms with E-state index in [1.807, 2.05) is 6.92 Å². The number of hydrogen-bond donors (Lipinski definition) is 2. The number of nitrogens with one attached hydrogen (secondary N) is 1. The lowest BCUT2D eigenvalue weighted by Crippen LogP contribution is -2.52. The molecule has 0 saturated carbocycles. The number of carbonyl (C=O) groups excluding carboxylic acids is 1. The molecular weight excluding hydrogens is 332 g/mol. The maximum Gasteiger partial charge on any atom is 0.262 e. The molecular formula is C15H16N4O4S. The first kappa shape index (κ1) is 16.5. The minimum atomic E-state index is -3.93. The molecule has 3 rings (SSSR count). The summed E-state index contributed by atoms with van der Waals surface area (Å²) < 4.78 is 27.0. The highest BCUT2D eigenvalue weighted by molar-refractivity contribution is 7.89. The number of aryl methyl sites for hydroxylation is 1. The van der Waals surface area contributed by atoms with Crippen LogP contribution in [0, 0.1) is 6.92 Å². The van der Waals surface area contributed by atoms with Crippen LogP contribution in [-0.4, -0.2) is 39.8 Å². The van der Waals surface area contributed by atoms with Crippen LogP contribution in [0.4, 0.5) is 0 Å². The molecule has 0 bridgehead atoms. The van der Waals surface area contributed by atoms with Gasteiger partial charge in [-0.05, 0) is 19.1 Å². The molecule has 0 aliphatic carbocycles. The molecule has 1 aliphatic rings. The fraction of sp³-hybridized carbons (Fsp3) is 0.267. The normalized spacial score (nSPS) is 18.0. The number of rotatable bonds is 3. The summed E-state index contributed by atoms with van der Waals surface area (Å²) in [5, 5.41) is 8.97. The van der Waals surface area contributed by atoms with E-state index in [-0.39, 0.29) is 17.9 Å². The Labute approximate surface area is 139 Å². The van der Waals surface area contributed by atoms with Crippen LogP contribution in [0.15, 0.2) is 41.6 Å². The summed E-state index contributed by atoms with van der Waals surface area (Å²) in [5.41, 5.74) is 3.50. The van der Waals surface area contributed by atoms with E-state index < -0.39 is 22.0 Å². The second kappa shape index (κ2) is 6.27. The zero-order valence-corrected chi connectivity index (χ0v) is 13.7. The average Bonchev–Trinajstić information content (AvgIpc) is 2.60. The maximum atomic E-state index is 13.0. The Kier molecular flexibility index (Phi) is 4.31. The monoisotopic (exact) mass is 348 g/mol. The van der Waals surface area contributed by atoms with Gasteiger partial charge in [0.1, 0.15) is 6.04 Å². The van der Waals surface area contributed by atoms with E-state index in [1.165, 1.54) is 30.0 Å². The van der Waals surface area contributed by atoms with Crippen molar-refractivity contribution in [2.24, 2.45) is 0 Å². The molecule has 1 aromatic heterocycles. The van der Waals surface area contributed by atoms with Crippen molar-refractivity contribution in [2.75, 3.05) is 0 Å². The van der Waals surface area contributed by atoms with Crippen molar-refractivity contribution in [3.8, 4) is 0 Å². The average molecular weight is 348 g/mol. The second-order valence-electron chi connectivity index (χ2n) is 5.51. The van der Waals surface area contributed by atoms with E-state index in [0.717, 1.165) is 9.87 Å². The predicted octanol–water partition coefficient (Wildman–Crippen LogP) is 0.406. The quantitative estimate of drug-likeness (QED) is 0.613. The molecule has 0 radical (unpaired) electrons. The molecule has 9 heteroatoms. The van der Waals surface area contributed by atoms with Crippen LogP contribution in [-0.2, 0) is 27.8 Å². The van der Waals surface area contributed by atoms with Crippen molar-refractivity contribution in [1.82, 2.24) is 19.8 Å². The minimum absolute atomic E-state index is 0.0423. The first-order valence-corrected chi connectivity index (χ1v) is 8.68. The third-order valence-electron chi connectivity index (χ3n) is 3.94. The highest BCUT2D eigenvalue weighted by Gasteiger charge is 2.40. The summed E-state index contributed by atoms with van der Waals surface area (Å²) in [5.74, 6) is -0.804. The number of hydrogen-bond acceptors (Lipinski definition) is 6. The number of carbonyl (C=O) groups is 1. The Morgan fingerprint density at radius 1 is 1.21 bits per heavy atom. The molecule has 126 valence electrons. The van der Waals surface area contributed by atoms with Gasteiger partial charge in [-0.1, -0.05) is 17.7 Å². The van der Waals surface area contributed by atoms with Gasteiger partial charge in [0.2, 0.25) is 10.0 Å². The summed E-state index contributed by atoms with van der Waals surface area (Å²) in [7, 11) is -3.93. The molecule has 2 aromatic rings. The van der Waals surface area contributed by atoms with Crippen molar-refractivity contribution < 1.29 is 18.4 Å². The smallest absolute Gasteiger partial charge is 0.262 e. The van der Waals surface area contributed by atoms with Gasteiger partial charge in [-0.15, -0.1) is 0 Å². The number of amides is 1. The van der Waals surface area contributed by atoms with Gasteiger partial charge >= 0.3 is 0 Å². The second-order valence-corrected chi connectivity index (χ2v) is 7.40. The number of hydroxylamine groups is 1. The minimum Gasteiger partial charge on any atom is -0.289 e. The largest absolute Gasteiger partial charge is 0.289 e. The van der Waals surface area contributed by atoms with E-state index in [9.17, 15) is 13.2 Å². The fourth-order valence-corrected chi connectivity index (χ4v) is 4.19. The third-order valence-corrected chi connectivity index (χ3v) is 5.81. The predicted molar refractivity (Wildman–Crippen MR) is 83.4 cm³/mol. The number of benzene rings is 1. The highest BCUT2D eigenvalue weighted by atomic mass is 32.2. The summed E-state index contributed by atoms with van der Waals surface area (Å²) in [6.45, 7) is 1.77. The van der Waals surface area contributed by atoms with Gasteiger partial charge in [0.05, 0.1) is 22.8 Å². The summed E-state index contributed by atoms with van der Waals surface area (Å²) in [6.07, 6.45) is 3.00. The van der Waals surface area contributed by atoms with E-state index in [1.54, 1.807) is 12.1 Å². The van der Waals surface area contributed by atoms with Crippen molar-refractivity contribution in [2.45, 2.75) is 30.8 Å². The van der Waals surface area contributed by atoms with Crippen LogP contribution in [0.5, 0.6) is 0 Å². The van der Waals surface area contributed by atoms with Crippen molar-refractivity contribution in [3.63, 3.8) is 0 Å². The Hall–Kier alpha value is -2.36. The van der Waals surface area contributed by atoms with Crippen molar-refractivity contribution in [3.05, 3.63) is 53.6 Å². The lowest BCUT2D eigenvalue weighted by Gasteiger charge is -2.33. The van der Waals surface area contributed by atoms with Gasteiger partial charge in [-0.3, -0.25) is 20.0 Å². The SMILES string of the molecule is Cc1ccc(S(=O)(=O)N2Cc3nccnc3C[C@@H]2C(=O)NO)cc1. The lowest BCUT2D eigenvalue weighted by molar-refractivity contribution is -0.133. The Morgan fingerprint density at radius 2 is 1.83 bits per heavy atom. The summed E-state index contributed by atoms with van der Waals surface area (Å²) >= 11 is 0. The molecule has 0 spiro atoms. The summed E-state index contributed by atoms with van der Waals surface area (Å²) in [4.78, 5) is 20.4. The molecule has 1 amide bonds. The van der Waals surface area contributed by atoms with E-state index in [2.05, 4.69) is 9.97 Å². The molecule has 24 heavy (non-hydrogen) atoms. The zero-order valence-electron chi connectivity index (χ0n) is 12.9. The number of aromatic nitrogens is 2. The highest BCUT2D eigenvalue weighted by Crippen LogP contribution is 2.27. The van der Waals surface area contributed by atoms with E-state index in [4.69, 9.17) is 5.21 Å². The molecule has 1 aliphatic heterocycles. The van der Waals surface area contributed by atoms with Gasteiger partial charge < -0.3 is 0 Å². The van der Waals surface area contributed by atoms with Crippen LogP contribution in [0.2, 0.25) is 0 Å². The van der Waals surface area contributed by atoms with Gasteiger partial charge in [-0.25, -0.2) is 13.9 Å². The number of sulfonamides is 1. The molecule has 0 fully saturated rings. The molecule has 0 unspecified atom stereocenters. The van der Waals surface area contributed by atoms with Gasteiger partial charge in [0.25, 0.3) is 5.91 Å². The Balaban J connectivity index is 2.05. The van der Waals surface area contributed by atoms with Crippen molar-refractivity contribution in [1.29, 1.82) is 0 Å². The maximum absolute atomic E-state index is 13.0. The zero-order chi connectivity index (χ0) is 17.3. The molecule has 1 atom stereocenters. The molecule has 2 heterocycles. The van der Waals surface area contributed by atoms with E-state index in [0.29, 0.717) is 11.4 Å². The molecule has 1 aromatic carbocycles. The van der Waals surface area contributed by atoms with Crippen LogP contribution >= 0.6 is 0 Å². The van der Waals surface area contributed by atoms with Gasteiger partial charge in [-0.2, -0.15) is 4.31 Å². The lowest BCUT2D eigenvalue weighted by atomic mass is 10.0. The van der Waals surface area contributed by atoms with Crippen molar-refractivity contribution >= 4 is 15.9 Å². The number of nitrogens with zero attached hydrogens (tertiary/aromatic N) is 3.